The number of aliphatic hydroxyl groups excluding tert-OH is 2. The Kier molecular flexibility index (Phi) is 16.6. The van der Waals surface area contributed by atoms with E-state index in [9.17, 15) is 47.9 Å². The fourth-order valence-corrected chi connectivity index (χ4v) is 5.81. The minimum Gasteiger partial charge on any atom is -0.442 e. The van der Waals surface area contributed by atoms with Crippen molar-refractivity contribution in [2.45, 2.75) is 78.4 Å². The van der Waals surface area contributed by atoms with Crippen LogP contribution in [0.4, 0.5) is 4.39 Å². The summed E-state index contributed by atoms with van der Waals surface area (Å²) < 4.78 is 64.9. The van der Waals surface area contributed by atoms with Crippen LogP contribution in [-0.2, 0) is 58.2 Å². The minimum atomic E-state index is -4.90. The van der Waals surface area contributed by atoms with E-state index >= 15 is 0 Å². The molecular weight excluding hydrogens is 756 g/mol. The second-order valence-electron chi connectivity index (χ2n) is 13.3. The van der Waals surface area contributed by atoms with Crippen LogP contribution in [0.25, 0.3) is 0 Å². The molecule has 5 atom stereocenters. The maximum atomic E-state index is 14.7. The van der Waals surface area contributed by atoms with Gasteiger partial charge in [0.05, 0.1) is 25.0 Å². The zero-order chi connectivity index (χ0) is 41.1. The summed E-state index contributed by atoms with van der Waals surface area (Å²) in [6.45, 7) is 3.51. The molecule has 0 spiro atoms. The van der Waals surface area contributed by atoms with Crippen LogP contribution in [0.3, 0.4) is 0 Å². The fraction of sp³-hybridized carbons (Fsp3) is 0.588. The van der Waals surface area contributed by atoms with Gasteiger partial charge in [0.2, 0.25) is 13.6 Å². The molecule has 1 unspecified atom stereocenters. The van der Waals surface area contributed by atoms with E-state index in [2.05, 4.69) is 5.32 Å². The van der Waals surface area contributed by atoms with Gasteiger partial charge in [-0.25, -0.2) is 27.4 Å². The van der Waals surface area contributed by atoms with Crippen LogP contribution in [0.5, 0.6) is 0 Å². The summed E-state index contributed by atoms with van der Waals surface area (Å²) >= 11 is 0. The van der Waals surface area contributed by atoms with E-state index in [1.54, 1.807) is 44.2 Å². The van der Waals surface area contributed by atoms with Gasteiger partial charge >= 0.3 is 31.4 Å². The molecule has 55 heavy (non-hydrogen) atoms. The van der Waals surface area contributed by atoms with Gasteiger partial charge in [-0.05, 0) is 5.92 Å². The second-order valence-corrected chi connectivity index (χ2v) is 15.0. The number of esters is 3. The number of carbonyl (C=O) groups is 4. The van der Waals surface area contributed by atoms with Gasteiger partial charge in [-0.2, -0.15) is 0 Å². The maximum Gasteiger partial charge on any atom is 0.480 e. The van der Waals surface area contributed by atoms with E-state index in [0.717, 1.165) is 12.3 Å². The molecule has 2 heterocycles. The number of nitrogens with one attached hydrogen (secondary N) is 1. The van der Waals surface area contributed by atoms with Crippen LogP contribution < -0.4 is 16.6 Å². The van der Waals surface area contributed by atoms with Crippen molar-refractivity contribution in [3.8, 4) is 0 Å². The van der Waals surface area contributed by atoms with Crippen molar-refractivity contribution in [1.82, 2.24) is 14.5 Å². The van der Waals surface area contributed by atoms with E-state index < -0.39 is 118 Å². The summed E-state index contributed by atoms with van der Waals surface area (Å²) in [6, 6.07) is 8.17. The van der Waals surface area contributed by atoms with Crippen LogP contribution in [0.15, 0.2) is 52.2 Å². The normalized spacial score (nSPS) is 20.5. The molecule has 1 fully saturated rings. The number of rotatable bonds is 21. The van der Waals surface area contributed by atoms with E-state index in [4.69, 9.17) is 32.5 Å². The molecule has 21 heteroatoms. The van der Waals surface area contributed by atoms with Gasteiger partial charge < -0.3 is 29.2 Å². The summed E-state index contributed by atoms with van der Waals surface area (Å²) in [4.78, 5) is 75.5. The summed E-state index contributed by atoms with van der Waals surface area (Å²) in [5.41, 5.74) is -4.29. The predicted molar refractivity (Wildman–Crippen MR) is 187 cm³/mol. The predicted octanol–water partition coefficient (Wildman–Crippen LogP) is 1.44. The van der Waals surface area contributed by atoms with Gasteiger partial charge in [-0.15, -0.1) is 0 Å². The Bertz CT molecular complexity index is 1770. The Morgan fingerprint density at radius 2 is 1.47 bits per heavy atom. The number of nitrogens with zero attached hydrogens (tertiary/aromatic N) is 2. The van der Waals surface area contributed by atoms with E-state index in [0.29, 0.717) is 14.7 Å². The van der Waals surface area contributed by atoms with Gasteiger partial charge in [0.1, 0.15) is 24.9 Å². The molecule has 1 aromatic carbocycles. The summed E-state index contributed by atoms with van der Waals surface area (Å²) in [5.74, 6) is -4.31. The number of ether oxygens (including phenoxy) is 4. The molecule has 1 aromatic heterocycles. The third kappa shape index (κ3) is 11.9. The van der Waals surface area contributed by atoms with Crippen molar-refractivity contribution >= 4 is 31.5 Å². The third-order valence-corrected chi connectivity index (χ3v) is 9.46. The number of aliphatic hydroxyl groups is 2. The topological polar surface area (TPSA) is 246 Å². The number of hydrogen-bond donors (Lipinski definition) is 3. The Morgan fingerprint density at radius 1 is 0.891 bits per heavy atom. The van der Waals surface area contributed by atoms with Crippen molar-refractivity contribution in [3.05, 3.63) is 69.0 Å². The standard InChI is InChI=1S/C34H47FN3O16P/c1-20(2)26(36-14-24(39)23-10-8-7-9-11-23)32(45)48-17-38-25(40)12-13-37(33(38)46)29-27(41)28(42)34(15-35,54-29)16-51-55(47,52-18-49-30(43)21(3)4)53-19-50-31(44)22(5)6/h7-13,20-22,26-29,36,41-42H,14-19H2,1-6H3/t26?,27-,28+,29-,34-/m1/s1. The number of ketones is 1. The van der Waals surface area contributed by atoms with Gasteiger partial charge in [-0.1, -0.05) is 71.9 Å². The number of phosphoric acid groups is 1. The van der Waals surface area contributed by atoms with Crippen LogP contribution in [-0.4, -0.2) is 100 Å². The lowest BCUT2D eigenvalue weighted by molar-refractivity contribution is -0.161. The summed E-state index contributed by atoms with van der Waals surface area (Å²) in [6.07, 6.45) is -5.24. The Morgan fingerprint density at radius 3 is 2.00 bits per heavy atom. The van der Waals surface area contributed by atoms with E-state index in [1.165, 1.54) is 27.7 Å². The lowest BCUT2D eigenvalue weighted by atomic mass is 9.98. The second kappa shape index (κ2) is 20.1. The smallest absolute Gasteiger partial charge is 0.442 e. The van der Waals surface area contributed by atoms with Crippen molar-refractivity contribution in [3.63, 3.8) is 0 Å². The molecule has 306 valence electrons. The highest BCUT2D eigenvalue weighted by atomic mass is 31.2. The first-order valence-corrected chi connectivity index (χ1v) is 18.6. The molecular formula is C34H47FN3O16P. The van der Waals surface area contributed by atoms with Gasteiger partial charge in [0.25, 0.3) is 5.56 Å². The van der Waals surface area contributed by atoms with Crippen LogP contribution in [0.2, 0.25) is 0 Å². The Labute approximate surface area is 315 Å². The highest BCUT2D eigenvalue weighted by molar-refractivity contribution is 7.48. The molecule has 0 radical (unpaired) electrons. The highest BCUT2D eigenvalue weighted by Gasteiger charge is 2.57. The van der Waals surface area contributed by atoms with E-state index in [-0.39, 0.29) is 12.3 Å². The monoisotopic (exact) mass is 803 g/mol. The molecule has 19 nitrogen and oxygen atoms in total. The van der Waals surface area contributed by atoms with Gasteiger partial charge in [0.15, 0.2) is 24.3 Å². The van der Waals surface area contributed by atoms with Crippen LogP contribution in [0.1, 0.15) is 58.1 Å². The molecule has 0 bridgehead atoms. The number of benzene rings is 1. The van der Waals surface area contributed by atoms with Crippen molar-refractivity contribution in [1.29, 1.82) is 0 Å². The quantitative estimate of drug-likeness (QED) is 0.0531. The number of Topliss-reactive ketones (excluding diaryl/α,β-unsaturated/α-hetero) is 1. The number of carbonyl (C=O) groups excluding carboxylic acids is 4. The number of phosphoric ester groups is 1. The number of halogens is 1. The lowest BCUT2D eigenvalue weighted by Crippen LogP contribution is -2.48. The van der Waals surface area contributed by atoms with Crippen LogP contribution in [0, 0.1) is 17.8 Å². The lowest BCUT2D eigenvalue weighted by Gasteiger charge is -2.30. The molecule has 1 aliphatic heterocycles. The average Bonchev–Trinajstić information content (AvgIpc) is 3.39. The SMILES string of the molecule is CC(C)C(=O)OCOP(=O)(OCOC(=O)C(C)C)OC[C@@]1(CF)O[C@@H](n2ccc(=O)n(COC(=O)C(NCC(=O)c3ccccc3)C(C)C)c2=O)[C@H](O)[C@@H]1O. The summed E-state index contributed by atoms with van der Waals surface area (Å²) in [7, 11) is -4.90. The molecule has 0 aliphatic carbocycles. The molecule has 1 saturated heterocycles. The number of aromatic nitrogens is 2. The first kappa shape index (κ1) is 45.3. The molecule has 0 saturated carbocycles. The van der Waals surface area contributed by atoms with Crippen molar-refractivity contribution in [2.75, 3.05) is 33.4 Å². The average molecular weight is 804 g/mol. The van der Waals surface area contributed by atoms with Gasteiger partial charge in [0, 0.05) is 17.8 Å². The summed E-state index contributed by atoms with van der Waals surface area (Å²) in [5, 5.41) is 24.7. The maximum absolute atomic E-state index is 14.7. The van der Waals surface area contributed by atoms with E-state index in [1.807, 2.05) is 0 Å². The minimum absolute atomic E-state index is 0.218. The third-order valence-electron chi connectivity index (χ3n) is 8.17. The molecule has 3 N–H and O–H groups in total. The zero-order valence-corrected chi connectivity index (χ0v) is 32.0. The van der Waals surface area contributed by atoms with Crippen LogP contribution >= 0.6 is 7.82 Å². The number of hydrogen-bond acceptors (Lipinski definition) is 17. The number of alkyl halides is 1. The molecule has 0 amide bonds. The first-order chi connectivity index (χ1) is 25.9. The van der Waals surface area contributed by atoms with Crippen molar-refractivity contribution < 1.29 is 70.9 Å². The first-order valence-electron chi connectivity index (χ1n) is 17.1. The largest absolute Gasteiger partial charge is 0.480 e. The Balaban J connectivity index is 1.77. The molecule has 3 rings (SSSR count). The highest BCUT2D eigenvalue weighted by Crippen LogP contribution is 2.51. The van der Waals surface area contributed by atoms with Crippen molar-refractivity contribution in [2.24, 2.45) is 17.8 Å². The fourth-order valence-electron chi connectivity index (χ4n) is 4.85. The molecule has 1 aliphatic rings. The Hall–Kier alpha value is -4.14. The zero-order valence-electron chi connectivity index (χ0n) is 31.2. The molecule has 2 aromatic rings. The van der Waals surface area contributed by atoms with Gasteiger partial charge in [-0.3, -0.25) is 38.4 Å².